The smallest absolute Gasteiger partial charge is 0.251 e. The first-order valence-corrected chi connectivity index (χ1v) is 6.65. The van der Waals surface area contributed by atoms with Crippen LogP contribution in [0.5, 0.6) is 0 Å². The number of hydrogen-bond acceptors (Lipinski definition) is 5. The van der Waals surface area contributed by atoms with Crippen molar-refractivity contribution in [3.05, 3.63) is 0 Å². The summed E-state index contributed by atoms with van der Waals surface area (Å²) in [4.78, 5) is 28.6. The first kappa shape index (κ1) is 12.4. The molecule has 0 spiro atoms. The van der Waals surface area contributed by atoms with Crippen LogP contribution in [0.1, 0.15) is 20.3 Å². The SMILES string of the molecule is CC(C)C1CN=C(NC2CC(=O)N(C)C2=O)S1. The van der Waals surface area contributed by atoms with Gasteiger partial charge >= 0.3 is 0 Å². The Hall–Kier alpha value is -1.04. The molecule has 2 heterocycles. The van der Waals surface area contributed by atoms with Crippen LogP contribution in [0.2, 0.25) is 0 Å². The zero-order valence-electron chi connectivity index (χ0n) is 10.3. The Balaban J connectivity index is 1.91. The quantitative estimate of drug-likeness (QED) is 0.728. The average Bonchev–Trinajstić information content (AvgIpc) is 2.82. The molecule has 0 saturated carbocycles. The van der Waals surface area contributed by atoms with E-state index >= 15 is 0 Å². The fourth-order valence-corrected chi connectivity index (χ4v) is 2.90. The lowest BCUT2D eigenvalue weighted by Gasteiger charge is -2.14. The summed E-state index contributed by atoms with van der Waals surface area (Å²) in [7, 11) is 1.52. The summed E-state index contributed by atoms with van der Waals surface area (Å²) < 4.78 is 0. The van der Waals surface area contributed by atoms with E-state index in [0.717, 1.165) is 11.7 Å². The average molecular weight is 255 g/mol. The Kier molecular flexibility index (Phi) is 3.42. The number of aliphatic imine (C=N–C) groups is 1. The number of amidine groups is 1. The Morgan fingerprint density at radius 3 is 2.65 bits per heavy atom. The van der Waals surface area contributed by atoms with Gasteiger partial charge in [-0.25, -0.2) is 0 Å². The number of nitrogens with zero attached hydrogens (tertiary/aromatic N) is 2. The Bertz CT molecular complexity index is 381. The molecule has 2 rings (SSSR count). The molecule has 0 radical (unpaired) electrons. The van der Waals surface area contributed by atoms with E-state index in [1.807, 2.05) is 0 Å². The van der Waals surface area contributed by atoms with E-state index in [1.54, 1.807) is 11.8 Å². The van der Waals surface area contributed by atoms with Crippen molar-refractivity contribution >= 4 is 28.7 Å². The molecule has 0 aromatic carbocycles. The van der Waals surface area contributed by atoms with Crippen LogP contribution in [0.15, 0.2) is 4.99 Å². The second-order valence-corrected chi connectivity index (χ2v) is 5.97. The molecule has 1 fully saturated rings. The van der Waals surface area contributed by atoms with Gasteiger partial charge in [-0.3, -0.25) is 19.5 Å². The maximum Gasteiger partial charge on any atom is 0.251 e. The van der Waals surface area contributed by atoms with Gasteiger partial charge in [0.05, 0.1) is 13.0 Å². The molecule has 1 saturated heterocycles. The van der Waals surface area contributed by atoms with Gasteiger partial charge in [0.15, 0.2) is 5.17 Å². The number of thioether (sulfide) groups is 1. The van der Waals surface area contributed by atoms with E-state index in [2.05, 4.69) is 24.2 Å². The zero-order chi connectivity index (χ0) is 12.6. The number of nitrogens with one attached hydrogen (secondary N) is 1. The summed E-state index contributed by atoms with van der Waals surface area (Å²) in [5, 5.41) is 4.35. The van der Waals surface area contributed by atoms with Crippen molar-refractivity contribution in [1.29, 1.82) is 0 Å². The third-order valence-corrected chi connectivity index (χ3v) is 4.57. The highest BCUT2D eigenvalue weighted by Crippen LogP contribution is 2.26. The number of carbonyl (C=O) groups is 2. The van der Waals surface area contributed by atoms with Gasteiger partial charge in [0.2, 0.25) is 5.91 Å². The second-order valence-electron chi connectivity index (χ2n) is 4.74. The lowest BCUT2D eigenvalue weighted by Crippen LogP contribution is -2.39. The number of likely N-dealkylation sites (tertiary alicyclic amines) is 1. The molecule has 94 valence electrons. The van der Waals surface area contributed by atoms with E-state index < -0.39 is 6.04 Å². The van der Waals surface area contributed by atoms with E-state index in [0.29, 0.717) is 11.2 Å². The number of amides is 2. The van der Waals surface area contributed by atoms with Gasteiger partial charge in [0.25, 0.3) is 5.91 Å². The molecule has 5 nitrogen and oxygen atoms in total. The predicted octanol–water partition coefficient (Wildman–Crippen LogP) is 0.461. The third-order valence-electron chi connectivity index (χ3n) is 3.10. The molecule has 0 aliphatic carbocycles. The topological polar surface area (TPSA) is 61.8 Å². The number of carbonyl (C=O) groups excluding carboxylic acids is 2. The van der Waals surface area contributed by atoms with Crippen LogP contribution < -0.4 is 5.32 Å². The van der Waals surface area contributed by atoms with E-state index in [4.69, 9.17) is 0 Å². The van der Waals surface area contributed by atoms with Crippen LogP contribution in [-0.4, -0.2) is 46.8 Å². The van der Waals surface area contributed by atoms with Crippen LogP contribution in [0, 0.1) is 5.92 Å². The first-order chi connectivity index (χ1) is 7.99. The molecule has 2 atom stereocenters. The fraction of sp³-hybridized carbons (Fsp3) is 0.727. The van der Waals surface area contributed by atoms with E-state index in [1.165, 1.54) is 11.9 Å². The van der Waals surface area contributed by atoms with Crippen LogP contribution in [0.25, 0.3) is 0 Å². The molecular weight excluding hydrogens is 238 g/mol. The first-order valence-electron chi connectivity index (χ1n) is 5.77. The van der Waals surface area contributed by atoms with Gasteiger partial charge in [0, 0.05) is 12.3 Å². The Labute approximate surface area is 105 Å². The highest BCUT2D eigenvalue weighted by atomic mass is 32.2. The molecular formula is C11H17N3O2S. The Morgan fingerprint density at radius 1 is 1.47 bits per heavy atom. The number of rotatable bonds is 2. The lowest BCUT2D eigenvalue weighted by molar-refractivity contribution is -0.137. The molecule has 2 amide bonds. The lowest BCUT2D eigenvalue weighted by atomic mass is 10.1. The van der Waals surface area contributed by atoms with Gasteiger partial charge in [-0.05, 0) is 5.92 Å². The molecule has 17 heavy (non-hydrogen) atoms. The molecule has 0 bridgehead atoms. The highest BCUT2D eigenvalue weighted by Gasteiger charge is 2.37. The van der Waals surface area contributed by atoms with Gasteiger partial charge in [-0.15, -0.1) is 0 Å². The van der Waals surface area contributed by atoms with Gasteiger partial charge < -0.3 is 5.32 Å². The van der Waals surface area contributed by atoms with Crippen molar-refractivity contribution < 1.29 is 9.59 Å². The van der Waals surface area contributed by atoms with Crippen LogP contribution in [-0.2, 0) is 9.59 Å². The summed E-state index contributed by atoms with van der Waals surface area (Å²) in [6.45, 7) is 5.11. The van der Waals surface area contributed by atoms with Crippen LogP contribution >= 0.6 is 11.8 Å². The predicted molar refractivity (Wildman–Crippen MR) is 67.8 cm³/mol. The molecule has 2 unspecified atom stereocenters. The molecule has 6 heteroatoms. The summed E-state index contributed by atoms with van der Waals surface area (Å²) in [5.74, 6) is 0.273. The molecule has 1 N–H and O–H groups in total. The minimum Gasteiger partial charge on any atom is -0.353 e. The molecule has 2 aliphatic rings. The molecule has 0 aromatic heterocycles. The van der Waals surface area contributed by atoms with Crippen molar-refractivity contribution in [1.82, 2.24) is 10.2 Å². The van der Waals surface area contributed by atoms with Gasteiger partial charge in [-0.2, -0.15) is 0 Å². The largest absolute Gasteiger partial charge is 0.353 e. The van der Waals surface area contributed by atoms with Crippen molar-refractivity contribution in [2.24, 2.45) is 10.9 Å². The standard InChI is InChI=1S/C11H17N3O2S/c1-6(2)8-5-12-11(17-8)13-7-4-9(15)14(3)10(7)16/h6-8H,4-5H2,1-3H3,(H,12,13). The summed E-state index contributed by atoms with van der Waals surface area (Å²) in [6, 6.07) is -0.426. The summed E-state index contributed by atoms with van der Waals surface area (Å²) in [5.41, 5.74) is 0. The van der Waals surface area contributed by atoms with Crippen molar-refractivity contribution in [2.75, 3.05) is 13.6 Å². The minimum absolute atomic E-state index is 0.128. The fourth-order valence-electron chi connectivity index (χ4n) is 1.83. The van der Waals surface area contributed by atoms with E-state index in [-0.39, 0.29) is 18.2 Å². The number of likely N-dealkylation sites (N-methyl/N-ethyl adjacent to an activating group) is 1. The number of imide groups is 1. The third kappa shape index (κ3) is 2.46. The normalized spacial score (nSPS) is 29.2. The van der Waals surface area contributed by atoms with Gasteiger partial charge in [0.1, 0.15) is 6.04 Å². The van der Waals surface area contributed by atoms with Crippen molar-refractivity contribution in [3.8, 4) is 0 Å². The Morgan fingerprint density at radius 2 is 2.18 bits per heavy atom. The van der Waals surface area contributed by atoms with Crippen LogP contribution in [0.4, 0.5) is 0 Å². The van der Waals surface area contributed by atoms with Crippen molar-refractivity contribution in [3.63, 3.8) is 0 Å². The highest BCUT2D eigenvalue weighted by molar-refractivity contribution is 8.14. The van der Waals surface area contributed by atoms with Crippen molar-refractivity contribution in [2.45, 2.75) is 31.6 Å². The summed E-state index contributed by atoms with van der Waals surface area (Å²) >= 11 is 1.67. The van der Waals surface area contributed by atoms with Gasteiger partial charge in [-0.1, -0.05) is 25.6 Å². The van der Waals surface area contributed by atoms with Crippen LogP contribution in [0.3, 0.4) is 0 Å². The zero-order valence-corrected chi connectivity index (χ0v) is 11.1. The summed E-state index contributed by atoms with van der Waals surface area (Å²) in [6.07, 6.45) is 0.237. The number of hydrogen-bond donors (Lipinski definition) is 1. The molecule has 2 aliphatic heterocycles. The minimum atomic E-state index is -0.426. The second kappa shape index (κ2) is 4.68. The monoisotopic (exact) mass is 255 g/mol. The maximum absolute atomic E-state index is 11.7. The van der Waals surface area contributed by atoms with E-state index in [9.17, 15) is 9.59 Å². The molecule has 0 aromatic rings. The maximum atomic E-state index is 11.7.